The van der Waals surface area contributed by atoms with Gasteiger partial charge in [0.15, 0.2) is 0 Å². The highest BCUT2D eigenvalue weighted by Crippen LogP contribution is 2.34. The van der Waals surface area contributed by atoms with Crippen molar-refractivity contribution in [1.29, 1.82) is 0 Å². The molecule has 0 aliphatic heterocycles. The molecule has 2 aromatic heterocycles. The van der Waals surface area contributed by atoms with Crippen molar-refractivity contribution in [3.63, 3.8) is 0 Å². The molecule has 0 aliphatic carbocycles. The van der Waals surface area contributed by atoms with Gasteiger partial charge in [-0.3, -0.25) is 4.79 Å². The minimum Gasteiger partial charge on any atom is -0.467 e. The van der Waals surface area contributed by atoms with Gasteiger partial charge in [0.1, 0.15) is 17.4 Å². The molecule has 2 aromatic carbocycles. The number of fused-ring (bicyclic) bond motifs is 1. The number of aromatic amines is 1. The van der Waals surface area contributed by atoms with Crippen LogP contribution in [-0.4, -0.2) is 10.9 Å². The van der Waals surface area contributed by atoms with Crippen molar-refractivity contribution in [2.75, 3.05) is 0 Å². The van der Waals surface area contributed by atoms with Gasteiger partial charge in [0, 0.05) is 35.5 Å². The van der Waals surface area contributed by atoms with Crippen LogP contribution in [0.4, 0.5) is 8.78 Å². The number of para-hydroxylation sites is 1. The molecule has 6 heteroatoms. The lowest BCUT2D eigenvalue weighted by Gasteiger charge is -2.18. The van der Waals surface area contributed by atoms with Gasteiger partial charge in [-0.2, -0.15) is 0 Å². The van der Waals surface area contributed by atoms with Crippen LogP contribution in [0.5, 0.6) is 0 Å². The van der Waals surface area contributed by atoms with Crippen LogP contribution in [0.25, 0.3) is 10.9 Å². The minimum absolute atomic E-state index is 0.0190. The third kappa shape index (κ3) is 3.67. The van der Waals surface area contributed by atoms with E-state index in [1.165, 1.54) is 18.4 Å². The zero-order valence-corrected chi connectivity index (χ0v) is 14.9. The first-order valence-corrected chi connectivity index (χ1v) is 8.92. The van der Waals surface area contributed by atoms with Crippen LogP contribution < -0.4 is 5.32 Å². The van der Waals surface area contributed by atoms with Crippen molar-refractivity contribution in [2.24, 2.45) is 0 Å². The number of hydrogen-bond acceptors (Lipinski definition) is 2. The second-order valence-corrected chi connectivity index (χ2v) is 6.57. The average Bonchev–Trinajstić information content (AvgIpc) is 3.35. The van der Waals surface area contributed by atoms with E-state index in [9.17, 15) is 13.6 Å². The molecule has 1 amide bonds. The molecule has 28 heavy (non-hydrogen) atoms. The molecule has 1 atom stereocenters. The topological polar surface area (TPSA) is 58.0 Å². The van der Waals surface area contributed by atoms with E-state index in [2.05, 4.69) is 10.3 Å². The van der Waals surface area contributed by atoms with Gasteiger partial charge in [0.25, 0.3) is 0 Å². The van der Waals surface area contributed by atoms with Crippen LogP contribution in [0.15, 0.2) is 71.5 Å². The number of rotatable bonds is 6. The van der Waals surface area contributed by atoms with E-state index >= 15 is 0 Å². The van der Waals surface area contributed by atoms with Gasteiger partial charge in [-0.05, 0) is 35.4 Å². The standard InChI is InChI=1S/C22H18F2N2O2/c23-14-7-8-16(20(24)10-14)18(11-22(27)26-12-15-4-3-9-28-15)19-13-25-21-6-2-1-5-17(19)21/h1-10,13,18,25H,11-12H2,(H,26,27)/t18-/m1/s1. The van der Waals surface area contributed by atoms with Crippen LogP contribution in [0.3, 0.4) is 0 Å². The zero-order chi connectivity index (χ0) is 19.5. The summed E-state index contributed by atoms with van der Waals surface area (Å²) in [5, 5.41) is 3.68. The smallest absolute Gasteiger partial charge is 0.221 e. The number of amides is 1. The molecule has 0 saturated heterocycles. The molecular weight excluding hydrogens is 362 g/mol. The Labute approximate surface area is 160 Å². The first-order valence-electron chi connectivity index (χ1n) is 8.92. The molecule has 0 saturated carbocycles. The lowest BCUT2D eigenvalue weighted by atomic mass is 9.87. The number of halogens is 2. The fourth-order valence-electron chi connectivity index (χ4n) is 3.41. The van der Waals surface area contributed by atoms with Gasteiger partial charge < -0.3 is 14.7 Å². The van der Waals surface area contributed by atoms with Gasteiger partial charge in [-0.25, -0.2) is 8.78 Å². The van der Waals surface area contributed by atoms with E-state index in [0.717, 1.165) is 22.5 Å². The first-order chi connectivity index (χ1) is 13.6. The largest absolute Gasteiger partial charge is 0.467 e. The van der Waals surface area contributed by atoms with E-state index in [-0.39, 0.29) is 24.4 Å². The number of H-pyrrole nitrogens is 1. The molecule has 0 radical (unpaired) electrons. The quantitative estimate of drug-likeness (QED) is 0.501. The summed E-state index contributed by atoms with van der Waals surface area (Å²) in [5.41, 5.74) is 1.95. The third-order valence-corrected chi connectivity index (χ3v) is 4.76. The number of carbonyl (C=O) groups excluding carboxylic acids is 1. The predicted molar refractivity (Wildman–Crippen MR) is 102 cm³/mol. The monoisotopic (exact) mass is 380 g/mol. The molecule has 0 fully saturated rings. The van der Waals surface area contributed by atoms with Gasteiger partial charge in [0.05, 0.1) is 12.8 Å². The van der Waals surface area contributed by atoms with Crippen molar-refractivity contribution < 1.29 is 18.0 Å². The Morgan fingerprint density at radius 1 is 1.07 bits per heavy atom. The second kappa shape index (κ2) is 7.68. The Kier molecular flexibility index (Phi) is 4.93. The minimum atomic E-state index is -0.672. The zero-order valence-electron chi connectivity index (χ0n) is 14.9. The van der Waals surface area contributed by atoms with Gasteiger partial charge in [-0.1, -0.05) is 24.3 Å². The number of benzene rings is 2. The lowest BCUT2D eigenvalue weighted by Crippen LogP contribution is -2.25. The fourth-order valence-corrected chi connectivity index (χ4v) is 3.41. The highest BCUT2D eigenvalue weighted by atomic mass is 19.1. The summed E-state index contributed by atoms with van der Waals surface area (Å²) in [4.78, 5) is 15.7. The molecule has 142 valence electrons. The van der Waals surface area contributed by atoms with Gasteiger partial charge in [0.2, 0.25) is 5.91 Å². The highest BCUT2D eigenvalue weighted by molar-refractivity contribution is 5.86. The molecule has 0 bridgehead atoms. The summed E-state index contributed by atoms with van der Waals surface area (Å²) >= 11 is 0. The van der Waals surface area contributed by atoms with E-state index in [1.54, 1.807) is 18.3 Å². The Hall–Kier alpha value is -3.41. The van der Waals surface area contributed by atoms with Crippen LogP contribution in [0.1, 0.15) is 29.2 Å². The number of carbonyl (C=O) groups is 1. The lowest BCUT2D eigenvalue weighted by molar-refractivity contribution is -0.121. The highest BCUT2D eigenvalue weighted by Gasteiger charge is 2.24. The van der Waals surface area contributed by atoms with Gasteiger partial charge >= 0.3 is 0 Å². The Morgan fingerprint density at radius 3 is 2.71 bits per heavy atom. The van der Waals surface area contributed by atoms with E-state index < -0.39 is 17.6 Å². The van der Waals surface area contributed by atoms with Crippen molar-refractivity contribution in [3.05, 3.63) is 95.6 Å². The van der Waals surface area contributed by atoms with Crippen molar-refractivity contribution in [1.82, 2.24) is 10.3 Å². The predicted octanol–water partition coefficient (Wildman–Crippen LogP) is 4.88. The van der Waals surface area contributed by atoms with E-state index in [1.807, 2.05) is 24.3 Å². The molecular formula is C22H18F2N2O2. The molecule has 4 rings (SSSR count). The van der Waals surface area contributed by atoms with Crippen LogP contribution in [0, 0.1) is 11.6 Å². The summed E-state index contributed by atoms with van der Waals surface area (Å²) in [7, 11) is 0. The average molecular weight is 380 g/mol. The normalized spacial score (nSPS) is 12.2. The first kappa shape index (κ1) is 18.0. The van der Waals surface area contributed by atoms with Crippen molar-refractivity contribution in [3.8, 4) is 0 Å². The summed E-state index contributed by atoms with van der Waals surface area (Å²) in [5.74, 6) is -1.51. The molecule has 2 heterocycles. The third-order valence-electron chi connectivity index (χ3n) is 4.76. The molecule has 0 spiro atoms. The van der Waals surface area contributed by atoms with Crippen LogP contribution in [0.2, 0.25) is 0 Å². The van der Waals surface area contributed by atoms with Crippen LogP contribution in [-0.2, 0) is 11.3 Å². The van der Waals surface area contributed by atoms with Gasteiger partial charge in [-0.15, -0.1) is 0 Å². The Balaban J connectivity index is 1.66. The van der Waals surface area contributed by atoms with Crippen molar-refractivity contribution >= 4 is 16.8 Å². The number of hydrogen-bond donors (Lipinski definition) is 2. The van der Waals surface area contributed by atoms with E-state index in [4.69, 9.17) is 4.42 Å². The molecule has 4 aromatic rings. The van der Waals surface area contributed by atoms with Crippen molar-refractivity contribution in [2.45, 2.75) is 18.9 Å². The molecule has 4 nitrogen and oxygen atoms in total. The summed E-state index contributed by atoms with van der Waals surface area (Å²) < 4.78 is 33.2. The molecule has 0 unspecified atom stereocenters. The number of aromatic nitrogens is 1. The summed E-state index contributed by atoms with van der Waals surface area (Å²) in [6.07, 6.45) is 3.33. The maximum atomic E-state index is 14.6. The number of nitrogens with one attached hydrogen (secondary N) is 2. The second-order valence-electron chi connectivity index (χ2n) is 6.57. The Bertz CT molecular complexity index is 1100. The maximum absolute atomic E-state index is 14.6. The van der Waals surface area contributed by atoms with Crippen LogP contribution >= 0.6 is 0 Å². The van der Waals surface area contributed by atoms with E-state index in [0.29, 0.717) is 5.76 Å². The molecule has 2 N–H and O–H groups in total. The summed E-state index contributed by atoms with van der Waals surface area (Å²) in [6, 6.07) is 14.6. The maximum Gasteiger partial charge on any atom is 0.221 e. The SMILES string of the molecule is O=C(C[C@H](c1ccc(F)cc1F)c1c[nH]c2ccccc12)NCc1ccco1. The Morgan fingerprint density at radius 2 is 1.93 bits per heavy atom. The summed E-state index contributed by atoms with van der Waals surface area (Å²) in [6.45, 7) is 0.248. The number of furan rings is 1. The molecule has 0 aliphatic rings. The fraction of sp³-hybridized carbons (Fsp3) is 0.136.